The number of aliphatic hydroxyl groups excluding tert-OH is 1. The van der Waals surface area contributed by atoms with E-state index in [0.29, 0.717) is 23.9 Å². The van der Waals surface area contributed by atoms with E-state index in [1.807, 2.05) is 12.1 Å². The van der Waals surface area contributed by atoms with Crippen LogP contribution in [0.2, 0.25) is 0 Å². The molecule has 1 saturated heterocycles. The van der Waals surface area contributed by atoms with E-state index >= 15 is 0 Å². The van der Waals surface area contributed by atoms with Crippen LogP contribution in [0.4, 0.5) is 5.69 Å². The second-order valence-corrected chi connectivity index (χ2v) is 7.59. The Balaban J connectivity index is 1.55. The predicted molar refractivity (Wildman–Crippen MR) is 101 cm³/mol. The topological polar surface area (TPSA) is 55.8 Å². The van der Waals surface area contributed by atoms with Crippen LogP contribution in [0.25, 0.3) is 0 Å². The van der Waals surface area contributed by atoms with Gasteiger partial charge < -0.3 is 15.3 Å². The highest BCUT2D eigenvalue weighted by atomic mass is 16.3. The van der Waals surface area contributed by atoms with E-state index < -0.39 is 0 Å². The Morgan fingerprint density at radius 1 is 1.16 bits per heavy atom. The number of hydrogen-bond donors (Lipinski definition) is 2. The second kappa shape index (κ2) is 8.19. The predicted octanol–water partition coefficient (Wildman–Crippen LogP) is 2.11. The lowest BCUT2D eigenvalue weighted by Gasteiger charge is -2.38. The van der Waals surface area contributed by atoms with Gasteiger partial charge in [0, 0.05) is 56.1 Å². The maximum absolute atomic E-state index is 12.5. The average Bonchev–Trinajstić information content (AvgIpc) is 3.46. The van der Waals surface area contributed by atoms with Crippen LogP contribution in [0.5, 0.6) is 0 Å². The van der Waals surface area contributed by atoms with Gasteiger partial charge in [-0.2, -0.15) is 0 Å². The zero-order valence-corrected chi connectivity index (χ0v) is 15.4. The number of carbonyl (C=O) groups excluding carboxylic acids is 1. The summed E-state index contributed by atoms with van der Waals surface area (Å²) >= 11 is 0. The van der Waals surface area contributed by atoms with E-state index in [-0.39, 0.29) is 18.6 Å². The first-order valence-electron chi connectivity index (χ1n) is 9.59. The summed E-state index contributed by atoms with van der Waals surface area (Å²) in [5, 5.41) is 12.3. The summed E-state index contributed by atoms with van der Waals surface area (Å²) in [6.07, 6.45) is 2.97. The average molecular weight is 345 g/mol. The van der Waals surface area contributed by atoms with Crippen LogP contribution in [-0.4, -0.2) is 60.8 Å². The van der Waals surface area contributed by atoms with Gasteiger partial charge in [0.25, 0.3) is 5.91 Å². The Kier molecular flexibility index (Phi) is 5.97. The van der Waals surface area contributed by atoms with Crippen molar-refractivity contribution in [2.24, 2.45) is 5.92 Å². The molecule has 5 nitrogen and oxygen atoms in total. The molecule has 25 heavy (non-hydrogen) atoms. The summed E-state index contributed by atoms with van der Waals surface area (Å²) < 4.78 is 0. The summed E-state index contributed by atoms with van der Waals surface area (Å²) in [6.45, 7) is 8.86. The second-order valence-electron chi connectivity index (χ2n) is 7.59. The van der Waals surface area contributed by atoms with Crippen LogP contribution in [-0.2, 0) is 0 Å². The molecule has 1 aromatic rings. The van der Waals surface area contributed by atoms with Crippen LogP contribution in [0, 0.1) is 5.92 Å². The number of rotatable bonds is 7. The molecule has 1 unspecified atom stereocenters. The Labute approximate surface area is 151 Å². The van der Waals surface area contributed by atoms with E-state index in [4.69, 9.17) is 0 Å². The number of benzene rings is 1. The van der Waals surface area contributed by atoms with Gasteiger partial charge in [-0.25, -0.2) is 0 Å². The molecule has 2 aliphatic rings. The maximum atomic E-state index is 12.5. The first-order valence-corrected chi connectivity index (χ1v) is 9.59. The Morgan fingerprint density at radius 3 is 2.32 bits per heavy atom. The molecule has 2 fully saturated rings. The highest BCUT2D eigenvalue weighted by Crippen LogP contribution is 2.34. The molecule has 1 aliphatic heterocycles. The fraction of sp³-hybridized carbons (Fsp3) is 0.650. The van der Waals surface area contributed by atoms with E-state index in [1.54, 1.807) is 0 Å². The minimum atomic E-state index is -0.0264. The lowest BCUT2D eigenvalue weighted by molar-refractivity contribution is 0.0924. The Morgan fingerprint density at radius 2 is 1.80 bits per heavy atom. The van der Waals surface area contributed by atoms with Gasteiger partial charge in [-0.15, -0.1) is 0 Å². The molecule has 1 amide bonds. The number of carbonyl (C=O) groups is 1. The van der Waals surface area contributed by atoms with Crippen molar-refractivity contribution in [3.63, 3.8) is 0 Å². The number of piperazine rings is 1. The quantitative estimate of drug-likeness (QED) is 0.795. The summed E-state index contributed by atoms with van der Waals surface area (Å²) in [7, 11) is 0. The minimum Gasteiger partial charge on any atom is -0.396 e. The summed E-state index contributed by atoms with van der Waals surface area (Å²) in [5.74, 6) is 0.522. The molecule has 0 bridgehead atoms. The molecule has 1 atom stereocenters. The first kappa shape index (κ1) is 18.2. The molecule has 3 rings (SSSR count). The van der Waals surface area contributed by atoms with Crippen LogP contribution >= 0.6 is 0 Å². The molecule has 138 valence electrons. The number of anilines is 1. The molecule has 0 spiro atoms. The highest BCUT2D eigenvalue weighted by molar-refractivity contribution is 5.94. The van der Waals surface area contributed by atoms with Crippen molar-refractivity contribution >= 4 is 11.6 Å². The van der Waals surface area contributed by atoms with Gasteiger partial charge in [-0.05, 0) is 63.3 Å². The van der Waals surface area contributed by atoms with Crippen molar-refractivity contribution in [3.8, 4) is 0 Å². The molecule has 1 aliphatic carbocycles. The third-order valence-corrected chi connectivity index (χ3v) is 5.49. The number of hydrogen-bond acceptors (Lipinski definition) is 4. The van der Waals surface area contributed by atoms with Crippen molar-refractivity contribution in [1.29, 1.82) is 0 Å². The number of nitrogens with one attached hydrogen (secondary N) is 1. The van der Waals surface area contributed by atoms with Gasteiger partial charge in [0.2, 0.25) is 0 Å². The smallest absolute Gasteiger partial charge is 0.251 e. The van der Waals surface area contributed by atoms with Crippen molar-refractivity contribution in [1.82, 2.24) is 10.2 Å². The molecule has 1 aromatic carbocycles. The first-order chi connectivity index (χ1) is 12.1. The maximum Gasteiger partial charge on any atom is 0.251 e. The van der Waals surface area contributed by atoms with Gasteiger partial charge in [-0.1, -0.05) is 0 Å². The summed E-state index contributed by atoms with van der Waals surface area (Å²) in [5.41, 5.74) is 1.89. The number of nitrogens with zero attached hydrogens (tertiary/aromatic N) is 2. The third kappa shape index (κ3) is 4.73. The van der Waals surface area contributed by atoms with Gasteiger partial charge in [-0.3, -0.25) is 9.69 Å². The fourth-order valence-corrected chi connectivity index (χ4v) is 3.64. The van der Waals surface area contributed by atoms with Gasteiger partial charge in [0.15, 0.2) is 0 Å². The van der Waals surface area contributed by atoms with E-state index in [1.165, 1.54) is 5.69 Å². The zero-order chi connectivity index (χ0) is 17.8. The Bertz CT molecular complexity index is 561. The molecule has 1 heterocycles. The molecule has 5 heteroatoms. The SMILES string of the molecule is CC(C)N1CCN(c2ccc(C(=O)NC(CCO)C3CC3)cc2)CC1. The molecule has 2 N–H and O–H groups in total. The van der Waals surface area contributed by atoms with Crippen molar-refractivity contribution in [2.45, 2.75) is 45.2 Å². The van der Waals surface area contributed by atoms with Crippen molar-refractivity contribution < 1.29 is 9.90 Å². The van der Waals surface area contributed by atoms with Gasteiger partial charge >= 0.3 is 0 Å². The fourth-order valence-electron chi connectivity index (χ4n) is 3.64. The van der Waals surface area contributed by atoms with Gasteiger partial charge in [0.1, 0.15) is 0 Å². The van der Waals surface area contributed by atoms with Crippen LogP contribution in [0.3, 0.4) is 0 Å². The van der Waals surface area contributed by atoms with E-state index in [9.17, 15) is 9.90 Å². The van der Waals surface area contributed by atoms with Crippen molar-refractivity contribution in [2.75, 3.05) is 37.7 Å². The van der Waals surface area contributed by atoms with Crippen LogP contribution in [0.1, 0.15) is 43.5 Å². The largest absolute Gasteiger partial charge is 0.396 e. The molecule has 1 saturated carbocycles. The van der Waals surface area contributed by atoms with Crippen LogP contribution in [0.15, 0.2) is 24.3 Å². The Hall–Kier alpha value is -1.59. The monoisotopic (exact) mass is 345 g/mol. The third-order valence-electron chi connectivity index (χ3n) is 5.49. The summed E-state index contributed by atoms with van der Waals surface area (Å²) in [6, 6.07) is 8.66. The normalized spacial score (nSPS) is 19.9. The molecular formula is C20H31N3O2. The van der Waals surface area contributed by atoms with E-state index in [0.717, 1.165) is 39.0 Å². The number of aliphatic hydroxyl groups is 1. The van der Waals surface area contributed by atoms with Crippen LogP contribution < -0.4 is 10.2 Å². The molecular weight excluding hydrogens is 314 g/mol. The summed E-state index contributed by atoms with van der Waals surface area (Å²) in [4.78, 5) is 17.3. The molecule has 0 aromatic heterocycles. The van der Waals surface area contributed by atoms with Gasteiger partial charge in [0.05, 0.1) is 0 Å². The highest BCUT2D eigenvalue weighted by Gasteiger charge is 2.32. The van der Waals surface area contributed by atoms with E-state index in [2.05, 4.69) is 41.1 Å². The van der Waals surface area contributed by atoms with Crippen molar-refractivity contribution in [3.05, 3.63) is 29.8 Å². The lowest BCUT2D eigenvalue weighted by atomic mass is 10.1. The minimum absolute atomic E-state index is 0.0264. The lowest BCUT2D eigenvalue weighted by Crippen LogP contribution is -2.48. The number of amides is 1. The molecule has 0 radical (unpaired) electrons. The standard InChI is InChI=1S/C20H31N3O2/c1-15(2)22-10-12-23(13-11-22)18-7-5-17(6-8-18)20(25)21-19(9-14-24)16-3-4-16/h5-8,15-16,19,24H,3-4,9-14H2,1-2H3,(H,21,25). The zero-order valence-electron chi connectivity index (χ0n) is 15.4.